The average molecular weight is 313 g/mol. The minimum Gasteiger partial charge on any atom is -0.490 e. The lowest BCUT2D eigenvalue weighted by atomic mass is 10.2. The van der Waals surface area contributed by atoms with Crippen LogP contribution in [-0.2, 0) is 0 Å². The molecule has 0 radical (unpaired) electrons. The second-order valence-electron chi connectivity index (χ2n) is 3.84. The lowest BCUT2D eigenvalue weighted by molar-refractivity contribution is 0.111. The first-order valence-electron chi connectivity index (χ1n) is 5.61. The highest BCUT2D eigenvalue weighted by Gasteiger charge is 2.19. The van der Waals surface area contributed by atoms with Crippen LogP contribution >= 0.6 is 15.9 Å². The van der Waals surface area contributed by atoms with Gasteiger partial charge >= 0.3 is 6.03 Å². The number of nitrogens with zero attached hydrogens (tertiary/aromatic N) is 1. The third-order valence-corrected chi connectivity index (χ3v) is 3.30. The molecule has 5 nitrogen and oxygen atoms in total. The number of nitrogens with one attached hydrogen (secondary N) is 1. The summed E-state index contributed by atoms with van der Waals surface area (Å²) in [5, 5.41) is 2.72. The molecule has 2 rings (SSSR count). The second kappa shape index (κ2) is 5.86. The SMILES string of the molecule is O=Cc1cccc(Br)c1OCCN1CCNC1=O. The van der Waals surface area contributed by atoms with E-state index in [1.54, 1.807) is 17.0 Å². The van der Waals surface area contributed by atoms with Crippen molar-refractivity contribution in [3.63, 3.8) is 0 Å². The van der Waals surface area contributed by atoms with Crippen molar-refractivity contribution >= 4 is 28.2 Å². The number of halogens is 1. The van der Waals surface area contributed by atoms with E-state index in [-0.39, 0.29) is 6.03 Å². The highest BCUT2D eigenvalue weighted by atomic mass is 79.9. The molecule has 0 aromatic heterocycles. The molecular formula is C12H13BrN2O3. The highest BCUT2D eigenvalue weighted by molar-refractivity contribution is 9.10. The molecule has 1 aliphatic heterocycles. The molecule has 1 aromatic carbocycles. The number of benzene rings is 1. The van der Waals surface area contributed by atoms with Crippen molar-refractivity contribution in [1.82, 2.24) is 10.2 Å². The molecule has 0 saturated carbocycles. The predicted octanol–water partition coefficient (Wildman–Crippen LogP) is 1.67. The first-order valence-corrected chi connectivity index (χ1v) is 6.41. The highest BCUT2D eigenvalue weighted by Crippen LogP contribution is 2.27. The van der Waals surface area contributed by atoms with Crippen LogP contribution in [0.5, 0.6) is 5.75 Å². The summed E-state index contributed by atoms with van der Waals surface area (Å²) in [5.74, 6) is 0.520. The molecule has 0 unspecified atom stereocenters. The Morgan fingerprint density at radius 1 is 1.50 bits per heavy atom. The van der Waals surface area contributed by atoms with Gasteiger partial charge in [-0.1, -0.05) is 6.07 Å². The number of rotatable bonds is 5. The summed E-state index contributed by atoms with van der Waals surface area (Å²) in [6.45, 7) is 2.23. The molecule has 1 aliphatic rings. The summed E-state index contributed by atoms with van der Waals surface area (Å²) >= 11 is 3.34. The summed E-state index contributed by atoms with van der Waals surface area (Å²) < 4.78 is 6.30. The van der Waals surface area contributed by atoms with Crippen molar-refractivity contribution in [2.75, 3.05) is 26.2 Å². The van der Waals surface area contributed by atoms with E-state index in [9.17, 15) is 9.59 Å². The maximum absolute atomic E-state index is 11.3. The molecule has 1 heterocycles. The van der Waals surface area contributed by atoms with E-state index in [4.69, 9.17) is 4.74 Å². The number of urea groups is 1. The normalized spacial score (nSPS) is 14.5. The van der Waals surface area contributed by atoms with E-state index in [0.717, 1.165) is 10.8 Å². The third-order valence-electron chi connectivity index (χ3n) is 2.68. The van der Waals surface area contributed by atoms with Crippen molar-refractivity contribution < 1.29 is 14.3 Å². The minimum atomic E-state index is -0.0682. The molecule has 0 bridgehead atoms. The minimum absolute atomic E-state index is 0.0682. The van der Waals surface area contributed by atoms with Gasteiger partial charge in [-0.15, -0.1) is 0 Å². The van der Waals surface area contributed by atoms with Crippen molar-refractivity contribution in [3.05, 3.63) is 28.2 Å². The molecule has 0 spiro atoms. The van der Waals surface area contributed by atoms with E-state index < -0.39 is 0 Å². The molecule has 0 atom stereocenters. The number of para-hydroxylation sites is 1. The van der Waals surface area contributed by atoms with Gasteiger partial charge in [-0.05, 0) is 28.1 Å². The van der Waals surface area contributed by atoms with Crippen LogP contribution in [0, 0.1) is 0 Å². The number of carbonyl (C=O) groups excluding carboxylic acids is 2. The number of aldehydes is 1. The second-order valence-corrected chi connectivity index (χ2v) is 4.70. The fourth-order valence-electron chi connectivity index (χ4n) is 1.75. The molecule has 1 aromatic rings. The quantitative estimate of drug-likeness (QED) is 0.841. The molecule has 1 saturated heterocycles. The van der Waals surface area contributed by atoms with Gasteiger partial charge in [0.1, 0.15) is 12.4 Å². The van der Waals surface area contributed by atoms with Gasteiger partial charge in [-0.3, -0.25) is 4.79 Å². The van der Waals surface area contributed by atoms with Crippen molar-refractivity contribution in [3.8, 4) is 5.75 Å². The van der Waals surface area contributed by atoms with Crippen molar-refractivity contribution in [2.24, 2.45) is 0 Å². The molecule has 96 valence electrons. The average Bonchev–Trinajstić information content (AvgIpc) is 2.77. The lowest BCUT2D eigenvalue weighted by Crippen LogP contribution is -2.31. The number of carbonyl (C=O) groups is 2. The fourth-order valence-corrected chi connectivity index (χ4v) is 2.25. The zero-order valence-corrected chi connectivity index (χ0v) is 11.3. The topological polar surface area (TPSA) is 58.6 Å². The van der Waals surface area contributed by atoms with Gasteiger partial charge in [-0.2, -0.15) is 0 Å². The summed E-state index contributed by atoms with van der Waals surface area (Å²) in [6, 6.07) is 5.20. The Hall–Kier alpha value is -1.56. The Labute approximate surface area is 113 Å². The van der Waals surface area contributed by atoms with Crippen LogP contribution in [0.1, 0.15) is 10.4 Å². The Morgan fingerprint density at radius 2 is 2.33 bits per heavy atom. The van der Waals surface area contributed by atoms with Crippen LogP contribution in [0.3, 0.4) is 0 Å². The molecule has 6 heteroatoms. The fraction of sp³-hybridized carbons (Fsp3) is 0.333. The Morgan fingerprint density at radius 3 is 3.00 bits per heavy atom. The smallest absolute Gasteiger partial charge is 0.317 e. The standard InChI is InChI=1S/C12H13BrN2O3/c13-10-3-1-2-9(8-16)11(10)18-7-6-15-5-4-14-12(15)17/h1-3,8H,4-7H2,(H,14,17). The van der Waals surface area contributed by atoms with Crippen molar-refractivity contribution in [2.45, 2.75) is 0 Å². The van der Waals surface area contributed by atoms with Gasteiger partial charge in [0.25, 0.3) is 0 Å². The molecule has 1 fully saturated rings. The van der Waals surface area contributed by atoms with Crippen LogP contribution in [0.25, 0.3) is 0 Å². The first kappa shape index (κ1) is 12.9. The van der Waals surface area contributed by atoms with Gasteiger partial charge in [0.05, 0.1) is 16.6 Å². The molecular weight excluding hydrogens is 300 g/mol. The van der Waals surface area contributed by atoms with Crippen LogP contribution in [0.2, 0.25) is 0 Å². The van der Waals surface area contributed by atoms with Gasteiger partial charge in [0.15, 0.2) is 6.29 Å². The van der Waals surface area contributed by atoms with E-state index in [1.165, 1.54) is 0 Å². The Bertz CT molecular complexity index is 465. The number of hydrogen-bond acceptors (Lipinski definition) is 3. The summed E-state index contributed by atoms with van der Waals surface area (Å²) in [4.78, 5) is 23.9. The predicted molar refractivity (Wildman–Crippen MR) is 70.0 cm³/mol. The van der Waals surface area contributed by atoms with E-state index in [2.05, 4.69) is 21.2 Å². The summed E-state index contributed by atoms with van der Waals surface area (Å²) in [7, 11) is 0. The molecule has 0 aliphatic carbocycles. The number of hydrogen-bond donors (Lipinski definition) is 1. The van der Waals surface area contributed by atoms with E-state index >= 15 is 0 Å². The zero-order chi connectivity index (χ0) is 13.0. The first-order chi connectivity index (χ1) is 8.72. The number of ether oxygens (including phenoxy) is 1. The lowest BCUT2D eigenvalue weighted by Gasteiger charge is -2.15. The molecule has 1 N–H and O–H groups in total. The number of amides is 2. The van der Waals surface area contributed by atoms with Gasteiger partial charge in [0.2, 0.25) is 0 Å². The van der Waals surface area contributed by atoms with E-state index in [1.807, 2.05) is 6.07 Å². The zero-order valence-electron chi connectivity index (χ0n) is 9.69. The monoisotopic (exact) mass is 312 g/mol. The van der Waals surface area contributed by atoms with Crippen LogP contribution < -0.4 is 10.1 Å². The molecule has 18 heavy (non-hydrogen) atoms. The largest absolute Gasteiger partial charge is 0.490 e. The summed E-state index contributed by atoms with van der Waals surface area (Å²) in [6.07, 6.45) is 0.753. The van der Waals surface area contributed by atoms with Gasteiger partial charge in [-0.25, -0.2) is 4.79 Å². The maximum Gasteiger partial charge on any atom is 0.317 e. The van der Waals surface area contributed by atoms with Gasteiger partial charge in [0, 0.05) is 13.1 Å². The van der Waals surface area contributed by atoms with Crippen LogP contribution in [-0.4, -0.2) is 43.5 Å². The van der Waals surface area contributed by atoms with Crippen LogP contribution in [0.4, 0.5) is 4.79 Å². The van der Waals surface area contributed by atoms with Crippen LogP contribution in [0.15, 0.2) is 22.7 Å². The molecule has 2 amide bonds. The van der Waals surface area contributed by atoms with Gasteiger partial charge < -0.3 is 15.0 Å². The summed E-state index contributed by atoms with van der Waals surface area (Å²) in [5.41, 5.74) is 0.496. The Balaban J connectivity index is 1.94. The maximum atomic E-state index is 11.3. The van der Waals surface area contributed by atoms with Crippen molar-refractivity contribution in [1.29, 1.82) is 0 Å². The third kappa shape index (κ3) is 2.81. The Kier molecular flexibility index (Phi) is 4.19. The van der Waals surface area contributed by atoms with E-state index in [0.29, 0.717) is 37.6 Å².